The number of ether oxygens (including phenoxy) is 1. The average Bonchev–Trinajstić information content (AvgIpc) is 3.31. The highest BCUT2D eigenvalue weighted by atomic mass is 32.2. The molecule has 1 fully saturated rings. The molecule has 180 valence electrons. The smallest absolute Gasteiger partial charge is 0.263 e. The second-order valence-corrected chi connectivity index (χ2v) is 10.8. The van der Waals surface area contributed by atoms with Crippen LogP contribution in [0.5, 0.6) is 5.75 Å². The first-order valence-corrected chi connectivity index (χ1v) is 12.9. The number of nitrogens with one attached hydrogen (secondary N) is 1. The molecule has 2 atom stereocenters. The van der Waals surface area contributed by atoms with Gasteiger partial charge in [0.05, 0.1) is 11.5 Å². The highest BCUT2D eigenvalue weighted by Crippen LogP contribution is 2.47. The number of aromatic nitrogens is 2. The van der Waals surface area contributed by atoms with Crippen molar-refractivity contribution in [2.75, 3.05) is 17.9 Å². The number of rotatable bonds is 5. The Morgan fingerprint density at radius 1 is 1.15 bits per heavy atom. The van der Waals surface area contributed by atoms with E-state index in [2.05, 4.69) is 14.1 Å². The van der Waals surface area contributed by atoms with Crippen molar-refractivity contribution in [3.05, 3.63) is 65.7 Å². The number of fused-ring (bicyclic) bond motifs is 1. The molecule has 0 aliphatic carbocycles. The van der Waals surface area contributed by atoms with E-state index in [1.165, 1.54) is 30.6 Å². The van der Waals surface area contributed by atoms with Crippen LogP contribution in [0.3, 0.4) is 0 Å². The van der Waals surface area contributed by atoms with Crippen molar-refractivity contribution in [3.63, 3.8) is 0 Å². The first-order valence-electron chi connectivity index (χ1n) is 10.7. The minimum atomic E-state index is -3.90. The van der Waals surface area contributed by atoms with Crippen LogP contribution in [0.2, 0.25) is 0 Å². The molecule has 1 N–H and O–H groups in total. The predicted molar refractivity (Wildman–Crippen MR) is 120 cm³/mol. The molecular weight excluding hydrogens is 489 g/mol. The lowest BCUT2D eigenvalue weighted by Crippen LogP contribution is -2.44. The van der Waals surface area contributed by atoms with Crippen molar-refractivity contribution in [1.82, 2.24) is 14.3 Å². The molecule has 3 aromatic rings. The number of hydrogen-bond donors (Lipinski definition) is 1. The third-order valence-electron chi connectivity index (χ3n) is 6.17. The number of alkyl halides is 2. The van der Waals surface area contributed by atoms with Crippen LogP contribution in [0.25, 0.3) is 0 Å². The van der Waals surface area contributed by atoms with Gasteiger partial charge in [-0.3, -0.25) is 9.62 Å². The Morgan fingerprint density at radius 2 is 1.94 bits per heavy atom. The first kappa shape index (κ1) is 23.1. The fraction of sp³-hybridized carbons (Fsp3) is 0.364. The van der Waals surface area contributed by atoms with Crippen molar-refractivity contribution in [2.45, 2.75) is 42.2 Å². The molecule has 2 aliphatic heterocycles. The molecule has 34 heavy (non-hydrogen) atoms. The molecule has 0 amide bonds. The minimum Gasteiger partial charge on any atom is -0.493 e. The van der Waals surface area contributed by atoms with Gasteiger partial charge >= 0.3 is 0 Å². The van der Waals surface area contributed by atoms with E-state index in [4.69, 9.17) is 4.74 Å². The fourth-order valence-corrected chi connectivity index (χ4v) is 6.25. The number of benzene rings is 2. The summed E-state index contributed by atoms with van der Waals surface area (Å²) >= 11 is 0.917. The molecule has 12 heteroatoms. The molecule has 1 unspecified atom stereocenters. The van der Waals surface area contributed by atoms with E-state index in [0.29, 0.717) is 24.3 Å². The molecule has 3 heterocycles. The lowest BCUT2D eigenvalue weighted by Gasteiger charge is -2.45. The van der Waals surface area contributed by atoms with Crippen LogP contribution in [0, 0.1) is 5.82 Å². The van der Waals surface area contributed by atoms with Crippen molar-refractivity contribution in [1.29, 1.82) is 0 Å². The number of nitrogens with zero attached hydrogens (tertiary/aromatic N) is 3. The largest absolute Gasteiger partial charge is 0.493 e. The van der Waals surface area contributed by atoms with Gasteiger partial charge in [0.25, 0.3) is 15.9 Å². The van der Waals surface area contributed by atoms with Gasteiger partial charge in [0.2, 0.25) is 5.13 Å². The predicted octanol–water partition coefficient (Wildman–Crippen LogP) is 4.77. The molecule has 0 radical (unpaired) electrons. The van der Waals surface area contributed by atoms with E-state index in [0.717, 1.165) is 17.1 Å². The lowest BCUT2D eigenvalue weighted by atomic mass is 9.88. The zero-order valence-corrected chi connectivity index (χ0v) is 19.5. The minimum absolute atomic E-state index is 0.00219. The molecule has 0 spiro atoms. The maximum Gasteiger partial charge on any atom is 0.263 e. The maximum atomic E-state index is 14.4. The van der Waals surface area contributed by atoms with E-state index in [1.54, 1.807) is 18.2 Å². The highest BCUT2D eigenvalue weighted by molar-refractivity contribution is 7.93. The molecule has 1 saturated heterocycles. The summed E-state index contributed by atoms with van der Waals surface area (Å²) in [5, 5.41) is 0.146. The highest BCUT2D eigenvalue weighted by Gasteiger charge is 2.44. The lowest BCUT2D eigenvalue weighted by molar-refractivity contribution is -0.0931. The van der Waals surface area contributed by atoms with Gasteiger partial charge in [-0.25, -0.2) is 26.6 Å². The summed E-state index contributed by atoms with van der Waals surface area (Å²) in [7, 11) is -3.90. The summed E-state index contributed by atoms with van der Waals surface area (Å²) < 4.78 is 79.7. The van der Waals surface area contributed by atoms with Crippen LogP contribution in [0.15, 0.2) is 53.7 Å². The third-order valence-corrected chi connectivity index (χ3v) is 8.22. The van der Waals surface area contributed by atoms with Gasteiger partial charge < -0.3 is 4.74 Å². The SMILES string of the molecule is O=S(=O)(Nc1ncns1)c1ccc2c(c1)OCCC2N1CCC(F)(F)C[C@@H]1c1ccc(F)cc1. The number of likely N-dealkylation sites (tertiary alicyclic amines) is 1. The second-order valence-electron chi connectivity index (χ2n) is 8.32. The van der Waals surface area contributed by atoms with Crippen LogP contribution in [-0.2, 0) is 10.0 Å². The van der Waals surface area contributed by atoms with Crippen molar-refractivity contribution < 1.29 is 26.3 Å². The molecular formula is C22H21F3N4O3S2. The Bertz CT molecular complexity index is 1270. The monoisotopic (exact) mass is 510 g/mol. The number of sulfonamides is 1. The molecule has 0 saturated carbocycles. The zero-order valence-electron chi connectivity index (χ0n) is 17.8. The number of hydrogen-bond acceptors (Lipinski definition) is 7. The summed E-state index contributed by atoms with van der Waals surface area (Å²) in [6.07, 6.45) is 1.16. The van der Waals surface area contributed by atoms with Crippen LogP contribution in [0.1, 0.15) is 42.5 Å². The van der Waals surface area contributed by atoms with Gasteiger partial charge in [-0.05, 0) is 23.8 Å². The topological polar surface area (TPSA) is 84.4 Å². The third kappa shape index (κ3) is 4.62. The Kier molecular flexibility index (Phi) is 5.98. The van der Waals surface area contributed by atoms with Gasteiger partial charge in [0, 0.05) is 61.1 Å². The first-order chi connectivity index (χ1) is 16.2. The number of halogens is 3. The van der Waals surface area contributed by atoms with E-state index < -0.39 is 27.8 Å². The summed E-state index contributed by atoms with van der Waals surface area (Å²) in [4.78, 5) is 5.84. The van der Waals surface area contributed by atoms with Crippen molar-refractivity contribution in [2.24, 2.45) is 0 Å². The van der Waals surface area contributed by atoms with Gasteiger partial charge in [-0.2, -0.15) is 4.37 Å². The average molecular weight is 511 g/mol. The van der Waals surface area contributed by atoms with Crippen LogP contribution < -0.4 is 9.46 Å². The molecule has 7 nitrogen and oxygen atoms in total. The van der Waals surface area contributed by atoms with Gasteiger partial charge in [-0.15, -0.1) is 0 Å². The van der Waals surface area contributed by atoms with Crippen molar-refractivity contribution in [3.8, 4) is 5.75 Å². The molecule has 2 aromatic carbocycles. The van der Waals surface area contributed by atoms with Gasteiger partial charge in [0.15, 0.2) is 0 Å². The Morgan fingerprint density at radius 3 is 2.68 bits per heavy atom. The van der Waals surface area contributed by atoms with Gasteiger partial charge in [0.1, 0.15) is 17.9 Å². The zero-order chi connectivity index (χ0) is 23.9. The summed E-state index contributed by atoms with van der Waals surface area (Å²) in [5.41, 5.74) is 1.35. The van der Waals surface area contributed by atoms with E-state index in [-0.39, 0.29) is 35.5 Å². The Labute approximate surface area is 198 Å². The molecule has 5 rings (SSSR count). The van der Waals surface area contributed by atoms with Gasteiger partial charge in [-0.1, -0.05) is 18.2 Å². The van der Waals surface area contributed by atoms with Crippen LogP contribution >= 0.6 is 11.5 Å². The molecule has 2 aliphatic rings. The van der Waals surface area contributed by atoms with E-state index in [1.807, 2.05) is 4.90 Å². The van der Waals surface area contributed by atoms with E-state index in [9.17, 15) is 21.6 Å². The summed E-state index contributed by atoms with van der Waals surface area (Å²) in [6.45, 7) is 0.464. The normalized spacial score (nSPS) is 22.6. The van der Waals surface area contributed by atoms with Crippen LogP contribution in [-0.4, -0.2) is 41.7 Å². The second kappa shape index (κ2) is 8.82. The Hall–Kier alpha value is -2.70. The summed E-state index contributed by atoms with van der Waals surface area (Å²) in [6, 6.07) is 9.37. The number of piperidine rings is 1. The standard InChI is InChI=1S/C22H21F3N4O3S2/c23-15-3-1-14(2-4-15)19-12-22(24,25)8-9-29(19)18-7-10-32-20-11-16(5-6-17(18)20)34(30,31)28-21-26-13-27-33-21/h1-6,11,13,18-19H,7-10,12H2,(H,26,27,28)/t18?,19-/m1/s1. The number of anilines is 1. The summed E-state index contributed by atoms with van der Waals surface area (Å²) in [5.74, 6) is -2.85. The van der Waals surface area contributed by atoms with Crippen LogP contribution in [0.4, 0.5) is 18.3 Å². The molecule has 1 aromatic heterocycles. The maximum absolute atomic E-state index is 14.4. The Balaban J connectivity index is 1.46. The van der Waals surface area contributed by atoms with Crippen molar-refractivity contribution >= 4 is 26.7 Å². The quantitative estimate of drug-likeness (QED) is 0.532. The molecule has 0 bridgehead atoms. The fourth-order valence-electron chi connectivity index (χ4n) is 4.57. The van der Waals surface area contributed by atoms with E-state index >= 15 is 0 Å².